The lowest BCUT2D eigenvalue weighted by atomic mass is 10.0. The van der Waals surface area contributed by atoms with E-state index in [4.69, 9.17) is 4.74 Å². The first-order chi connectivity index (χ1) is 9.65. The second-order valence-corrected chi connectivity index (χ2v) is 5.79. The highest BCUT2D eigenvalue weighted by Crippen LogP contribution is 2.30. The summed E-state index contributed by atoms with van der Waals surface area (Å²) < 4.78 is 6.87. The highest BCUT2D eigenvalue weighted by atomic mass is 32.2. The molecule has 20 heavy (non-hydrogen) atoms. The molecule has 0 aliphatic rings. The van der Waals surface area contributed by atoms with Gasteiger partial charge < -0.3 is 10.1 Å². The van der Waals surface area contributed by atoms with E-state index in [1.54, 1.807) is 23.6 Å². The molecule has 0 fully saturated rings. The number of methoxy groups -OCH3 is 1. The third kappa shape index (κ3) is 3.29. The summed E-state index contributed by atoms with van der Waals surface area (Å²) >= 11 is 1.65. The summed E-state index contributed by atoms with van der Waals surface area (Å²) in [6, 6.07) is 8.31. The Labute approximate surface area is 122 Å². The van der Waals surface area contributed by atoms with E-state index in [0.717, 1.165) is 10.9 Å². The van der Waals surface area contributed by atoms with Gasteiger partial charge in [0.15, 0.2) is 0 Å². The van der Waals surface area contributed by atoms with E-state index in [9.17, 15) is 0 Å². The van der Waals surface area contributed by atoms with Crippen LogP contribution in [-0.4, -0.2) is 39.6 Å². The molecule has 7 heteroatoms. The number of nitrogens with zero attached hydrogens (tertiary/aromatic N) is 4. The fourth-order valence-electron chi connectivity index (χ4n) is 2.04. The molecule has 2 aromatic rings. The van der Waals surface area contributed by atoms with Crippen molar-refractivity contribution >= 4 is 11.8 Å². The molecule has 0 aliphatic carbocycles. The molecule has 6 nitrogen and oxygen atoms in total. The second kappa shape index (κ2) is 6.71. The normalized spacial score (nSPS) is 14.0. The predicted octanol–water partition coefficient (Wildman–Crippen LogP) is 1.66. The summed E-state index contributed by atoms with van der Waals surface area (Å²) in [5, 5.41) is 16.0. The Morgan fingerprint density at radius 2 is 2.00 bits per heavy atom. The Morgan fingerprint density at radius 1 is 1.30 bits per heavy atom. The number of ether oxygens (including phenoxy) is 1. The van der Waals surface area contributed by atoms with Gasteiger partial charge in [-0.1, -0.05) is 30.8 Å². The van der Waals surface area contributed by atoms with E-state index in [1.165, 1.54) is 5.56 Å². The molecular formula is C13H19N5OS. The van der Waals surface area contributed by atoms with Crippen molar-refractivity contribution in [3.8, 4) is 5.75 Å². The summed E-state index contributed by atoms with van der Waals surface area (Å²) in [5.41, 5.74) is 1.21. The SMILES string of the molecule is CNC(c1ccc(OC)cc1)C(C)Sc1nnnn1C. The van der Waals surface area contributed by atoms with E-state index in [-0.39, 0.29) is 11.3 Å². The van der Waals surface area contributed by atoms with E-state index < -0.39 is 0 Å². The predicted molar refractivity (Wildman–Crippen MR) is 78.9 cm³/mol. The van der Waals surface area contributed by atoms with Gasteiger partial charge >= 0.3 is 0 Å². The Hall–Kier alpha value is -1.60. The molecule has 0 bridgehead atoms. The Balaban J connectivity index is 2.12. The molecule has 1 aromatic heterocycles. The number of tetrazole rings is 1. The molecule has 1 aromatic carbocycles. The van der Waals surface area contributed by atoms with Crippen LogP contribution in [-0.2, 0) is 7.05 Å². The molecule has 0 saturated carbocycles. The van der Waals surface area contributed by atoms with E-state index >= 15 is 0 Å². The van der Waals surface area contributed by atoms with Gasteiger partial charge in [0.05, 0.1) is 7.11 Å². The molecule has 108 valence electrons. The molecule has 0 radical (unpaired) electrons. The Kier molecular flexibility index (Phi) is 4.97. The van der Waals surface area contributed by atoms with Crippen LogP contribution in [0.2, 0.25) is 0 Å². The van der Waals surface area contributed by atoms with Gasteiger partial charge in [0.2, 0.25) is 5.16 Å². The largest absolute Gasteiger partial charge is 0.497 e. The zero-order chi connectivity index (χ0) is 14.5. The molecule has 1 N–H and O–H groups in total. The van der Waals surface area contributed by atoms with Gasteiger partial charge in [-0.3, -0.25) is 0 Å². The average Bonchev–Trinajstić information content (AvgIpc) is 2.86. The van der Waals surface area contributed by atoms with Crippen molar-refractivity contribution in [2.24, 2.45) is 7.05 Å². The topological polar surface area (TPSA) is 64.9 Å². The van der Waals surface area contributed by atoms with Gasteiger partial charge in [-0.05, 0) is 35.2 Å². The van der Waals surface area contributed by atoms with Crippen LogP contribution in [0, 0.1) is 0 Å². The van der Waals surface area contributed by atoms with Crippen LogP contribution in [0.5, 0.6) is 5.75 Å². The molecule has 0 spiro atoms. The number of aromatic nitrogens is 4. The molecule has 0 amide bonds. The van der Waals surface area contributed by atoms with Gasteiger partial charge in [-0.15, -0.1) is 5.10 Å². The summed E-state index contributed by atoms with van der Waals surface area (Å²) in [5.74, 6) is 0.862. The Morgan fingerprint density at radius 3 is 2.50 bits per heavy atom. The maximum Gasteiger partial charge on any atom is 0.209 e. The van der Waals surface area contributed by atoms with E-state index in [2.05, 4.69) is 39.9 Å². The lowest BCUT2D eigenvalue weighted by Gasteiger charge is -2.23. The van der Waals surface area contributed by atoms with Gasteiger partial charge in [-0.2, -0.15) is 0 Å². The average molecular weight is 293 g/mol. The van der Waals surface area contributed by atoms with Gasteiger partial charge in [0.25, 0.3) is 0 Å². The summed E-state index contributed by atoms with van der Waals surface area (Å²) in [7, 11) is 5.47. The molecule has 0 aliphatic heterocycles. The monoisotopic (exact) mass is 293 g/mol. The van der Waals surface area contributed by atoms with Gasteiger partial charge in [0, 0.05) is 18.3 Å². The summed E-state index contributed by atoms with van der Waals surface area (Å²) in [4.78, 5) is 0. The highest BCUT2D eigenvalue weighted by molar-refractivity contribution is 7.99. The second-order valence-electron chi connectivity index (χ2n) is 4.45. The van der Waals surface area contributed by atoms with Crippen LogP contribution in [0.25, 0.3) is 0 Å². The number of aryl methyl sites for hydroxylation is 1. The summed E-state index contributed by atoms with van der Waals surface area (Å²) in [6.07, 6.45) is 0. The lowest BCUT2D eigenvalue weighted by Crippen LogP contribution is -2.25. The quantitative estimate of drug-likeness (QED) is 0.817. The molecule has 2 atom stereocenters. The lowest BCUT2D eigenvalue weighted by molar-refractivity contribution is 0.414. The van der Waals surface area contributed by atoms with Crippen molar-refractivity contribution in [3.63, 3.8) is 0 Å². The zero-order valence-electron chi connectivity index (χ0n) is 12.1. The first-order valence-corrected chi connectivity index (χ1v) is 7.24. The smallest absolute Gasteiger partial charge is 0.209 e. The van der Waals surface area contributed by atoms with Crippen molar-refractivity contribution in [3.05, 3.63) is 29.8 Å². The highest BCUT2D eigenvalue weighted by Gasteiger charge is 2.20. The first-order valence-electron chi connectivity index (χ1n) is 6.36. The van der Waals surface area contributed by atoms with E-state index in [0.29, 0.717) is 0 Å². The van der Waals surface area contributed by atoms with Crippen molar-refractivity contribution < 1.29 is 4.74 Å². The number of rotatable bonds is 6. The number of benzene rings is 1. The first kappa shape index (κ1) is 14.8. The number of thioether (sulfide) groups is 1. The van der Waals surface area contributed by atoms with Crippen LogP contribution in [0.15, 0.2) is 29.4 Å². The van der Waals surface area contributed by atoms with Gasteiger partial charge in [0.1, 0.15) is 5.75 Å². The minimum absolute atomic E-state index is 0.211. The number of hydrogen-bond acceptors (Lipinski definition) is 6. The standard InChI is InChI=1S/C13H19N5OS/c1-9(20-13-15-16-17-18(13)3)12(14-2)10-5-7-11(19-4)8-6-10/h5-9,12,14H,1-4H3. The molecule has 2 rings (SSSR count). The minimum atomic E-state index is 0.211. The van der Waals surface area contributed by atoms with Crippen molar-refractivity contribution in [2.45, 2.75) is 23.4 Å². The third-order valence-electron chi connectivity index (χ3n) is 3.13. The van der Waals surface area contributed by atoms with Crippen LogP contribution in [0.4, 0.5) is 0 Å². The maximum absolute atomic E-state index is 5.19. The van der Waals surface area contributed by atoms with Crippen LogP contribution in [0.3, 0.4) is 0 Å². The fourth-order valence-corrected chi connectivity index (χ4v) is 3.07. The van der Waals surface area contributed by atoms with E-state index in [1.807, 2.05) is 26.2 Å². The molecular weight excluding hydrogens is 274 g/mol. The minimum Gasteiger partial charge on any atom is -0.497 e. The molecule has 2 unspecified atom stereocenters. The van der Waals surface area contributed by atoms with Crippen LogP contribution >= 0.6 is 11.8 Å². The zero-order valence-corrected chi connectivity index (χ0v) is 12.9. The fraction of sp³-hybridized carbons (Fsp3) is 0.462. The van der Waals surface area contributed by atoms with Crippen molar-refractivity contribution in [2.75, 3.05) is 14.2 Å². The molecule has 1 heterocycles. The number of nitrogens with one attached hydrogen (secondary N) is 1. The molecule has 0 saturated heterocycles. The van der Waals surface area contributed by atoms with Crippen LogP contribution < -0.4 is 10.1 Å². The van der Waals surface area contributed by atoms with Crippen molar-refractivity contribution in [1.29, 1.82) is 0 Å². The summed E-state index contributed by atoms with van der Waals surface area (Å²) in [6.45, 7) is 2.16. The third-order valence-corrected chi connectivity index (χ3v) is 4.33. The van der Waals surface area contributed by atoms with Crippen LogP contribution in [0.1, 0.15) is 18.5 Å². The number of hydrogen-bond donors (Lipinski definition) is 1. The maximum atomic E-state index is 5.19. The van der Waals surface area contributed by atoms with Crippen molar-refractivity contribution in [1.82, 2.24) is 25.5 Å². The Bertz CT molecular complexity index is 542. The van der Waals surface area contributed by atoms with Gasteiger partial charge in [-0.25, -0.2) is 4.68 Å².